The Morgan fingerprint density at radius 1 is 0.677 bits per heavy atom. The quantitative estimate of drug-likeness (QED) is 0.110. The van der Waals surface area contributed by atoms with Gasteiger partial charge in [-0.25, -0.2) is 0 Å². The average Bonchev–Trinajstić information content (AvgIpc) is 2.75. The predicted molar refractivity (Wildman–Crippen MR) is 123 cm³/mol. The van der Waals surface area contributed by atoms with Crippen LogP contribution >= 0.6 is 0 Å². The lowest BCUT2D eigenvalue weighted by Crippen LogP contribution is -2.07. The molecule has 1 aromatic rings. The molecule has 0 aliphatic heterocycles. The molecule has 0 atom stereocenters. The van der Waals surface area contributed by atoms with Gasteiger partial charge in [-0.15, -0.1) is 0 Å². The van der Waals surface area contributed by atoms with Crippen molar-refractivity contribution in [2.75, 3.05) is 6.61 Å². The molecule has 0 bridgehead atoms. The molecule has 0 aromatic heterocycles. The number of hydrogen-bond donors (Lipinski definition) is 0. The third-order valence-corrected chi connectivity index (χ3v) is 5.27. The highest BCUT2D eigenvalue weighted by Crippen LogP contribution is 2.15. The van der Waals surface area contributed by atoms with Gasteiger partial charge in [0, 0.05) is 18.4 Å². The number of rotatable bonds is 18. The van der Waals surface area contributed by atoms with Crippen molar-refractivity contribution in [1.29, 1.82) is 0 Å². The van der Waals surface area contributed by atoms with Crippen LogP contribution in [0.2, 0.25) is 0 Å². The third kappa shape index (κ3) is 14.5. The van der Waals surface area contributed by atoms with E-state index in [4.69, 9.17) is 9.47 Å². The first kappa shape index (κ1) is 26.9. The summed E-state index contributed by atoms with van der Waals surface area (Å²) in [5.74, 6) is 0.137. The van der Waals surface area contributed by atoms with Crippen molar-refractivity contribution in [2.24, 2.45) is 0 Å². The van der Waals surface area contributed by atoms with Gasteiger partial charge >= 0.3 is 11.9 Å². The van der Waals surface area contributed by atoms with E-state index in [1.54, 1.807) is 24.3 Å². The van der Waals surface area contributed by atoms with Gasteiger partial charge in [0.05, 0.1) is 6.61 Å². The highest BCUT2D eigenvalue weighted by atomic mass is 16.5. The van der Waals surface area contributed by atoms with Crippen LogP contribution in [0, 0.1) is 0 Å². The summed E-state index contributed by atoms with van der Waals surface area (Å²) >= 11 is 0. The molecule has 174 valence electrons. The number of Topliss-reactive ketones (excluding diaryl/α,β-unsaturated/α-hetero) is 1. The smallest absolute Gasteiger partial charge is 0.311 e. The summed E-state index contributed by atoms with van der Waals surface area (Å²) in [5, 5.41) is 0. The second-order valence-corrected chi connectivity index (χ2v) is 8.16. The van der Waals surface area contributed by atoms with Gasteiger partial charge in [0.1, 0.15) is 5.75 Å². The number of unbranched alkanes of at least 4 members (excludes halogenated alkanes) is 10. The van der Waals surface area contributed by atoms with Gasteiger partial charge in [0.25, 0.3) is 0 Å². The van der Waals surface area contributed by atoms with Crippen LogP contribution in [0.3, 0.4) is 0 Å². The van der Waals surface area contributed by atoms with Crippen LogP contribution in [0.4, 0.5) is 0 Å². The third-order valence-electron chi connectivity index (χ3n) is 5.27. The molecule has 0 amide bonds. The maximum Gasteiger partial charge on any atom is 0.311 e. The second-order valence-electron chi connectivity index (χ2n) is 8.16. The Morgan fingerprint density at radius 2 is 1.19 bits per heavy atom. The predicted octanol–water partition coefficient (Wildman–Crippen LogP) is 6.82. The van der Waals surface area contributed by atoms with E-state index in [1.165, 1.54) is 32.6 Å². The number of ether oxygens (including phenoxy) is 2. The largest absolute Gasteiger partial charge is 0.466 e. The minimum Gasteiger partial charge on any atom is -0.466 e. The first-order valence-corrected chi connectivity index (χ1v) is 12.0. The van der Waals surface area contributed by atoms with Gasteiger partial charge < -0.3 is 9.47 Å². The monoisotopic (exact) mass is 432 g/mol. The Morgan fingerprint density at radius 3 is 1.77 bits per heavy atom. The van der Waals surface area contributed by atoms with E-state index in [2.05, 4.69) is 6.92 Å². The van der Waals surface area contributed by atoms with Gasteiger partial charge in [0.15, 0.2) is 5.78 Å². The Balaban J connectivity index is 1.93. The number of benzene rings is 1. The summed E-state index contributed by atoms with van der Waals surface area (Å²) in [6.45, 7) is 4.27. The zero-order valence-corrected chi connectivity index (χ0v) is 19.5. The number of hydrogen-bond acceptors (Lipinski definition) is 5. The first-order chi connectivity index (χ1) is 15.0. The number of carbonyl (C=O) groups excluding carboxylic acids is 3. The van der Waals surface area contributed by atoms with Gasteiger partial charge in [-0.2, -0.15) is 0 Å². The second kappa shape index (κ2) is 17.5. The highest BCUT2D eigenvalue weighted by molar-refractivity contribution is 5.94. The molecule has 0 aliphatic rings. The molecule has 1 rings (SSSR count). The van der Waals surface area contributed by atoms with E-state index in [0.29, 0.717) is 30.8 Å². The molecule has 0 heterocycles. The summed E-state index contributed by atoms with van der Waals surface area (Å²) in [6, 6.07) is 6.62. The van der Waals surface area contributed by atoms with Crippen molar-refractivity contribution >= 4 is 17.7 Å². The molecule has 0 unspecified atom stereocenters. The van der Waals surface area contributed by atoms with Gasteiger partial charge in [-0.3, -0.25) is 14.4 Å². The molecule has 0 saturated carbocycles. The van der Waals surface area contributed by atoms with Crippen molar-refractivity contribution in [3.63, 3.8) is 0 Å². The molecule has 5 heteroatoms. The minimum atomic E-state index is -0.247. The van der Waals surface area contributed by atoms with Crippen LogP contribution in [-0.4, -0.2) is 24.3 Å². The van der Waals surface area contributed by atoms with Crippen molar-refractivity contribution in [1.82, 2.24) is 0 Å². The van der Waals surface area contributed by atoms with E-state index in [1.807, 2.05) is 0 Å². The van der Waals surface area contributed by atoms with Crippen LogP contribution < -0.4 is 4.74 Å². The van der Waals surface area contributed by atoms with E-state index in [-0.39, 0.29) is 17.7 Å². The van der Waals surface area contributed by atoms with Crippen LogP contribution in [0.25, 0.3) is 0 Å². The summed E-state index contributed by atoms with van der Waals surface area (Å²) in [7, 11) is 0. The first-order valence-electron chi connectivity index (χ1n) is 12.0. The summed E-state index contributed by atoms with van der Waals surface area (Å²) < 4.78 is 10.6. The Hall–Kier alpha value is -2.17. The van der Waals surface area contributed by atoms with Crippen LogP contribution in [0.1, 0.15) is 114 Å². The maximum atomic E-state index is 11.9. The zero-order valence-electron chi connectivity index (χ0n) is 19.5. The standard InChI is InChI=1S/C26H40O5/c1-3-4-5-6-11-14-21-30-25(28)15-12-9-7-8-10-13-16-26(29)31-24-19-17-23(18-20-24)22(2)27/h17-20H,3-16,21H2,1-2H3. The van der Waals surface area contributed by atoms with Gasteiger partial charge in [0.2, 0.25) is 0 Å². The van der Waals surface area contributed by atoms with Gasteiger partial charge in [-0.1, -0.05) is 64.7 Å². The molecule has 0 N–H and O–H groups in total. The summed E-state index contributed by atoms with van der Waals surface area (Å²) in [4.78, 5) is 34.8. The summed E-state index contributed by atoms with van der Waals surface area (Å²) in [6.07, 6.45) is 13.8. The molecule has 1 aromatic carbocycles. The van der Waals surface area contributed by atoms with Crippen LogP contribution in [0.15, 0.2) is 24.3 Å². The molecule has 5 nitrogen and oxygen atoms in total. The normalized spacial score (nSPS) is 10.6. The van der Waals surface area contributed by atoms with E-state index >= 15 is 0 Å². The maximum absolute atomic E-state index is 11.9. The molecule has 31 heavy (non-hydrogen) atoms. The van der Waals surface area contributed by atoms with Crippen molar-refractivity contribution in [3.8, 4) is 5.75 Å². The molecule has 0 aliphatic carbocycles. The number of esters is 2. The lowest BCUT2D eigenvalue weighted by Gasteiger charge is -2.06. The average molecular weight is 433 g/mol. The molecule has 0 saturated heterocycles. The lowest BCUT2D eigenvalue weighted by molar-refractivity contribution is -0.144. The number of ketones is 1. The fraction of sp³-hybridized carbons (Fsp3) is 0.654. The van der Waals surface area contributed by atoms with E-state index in [0.717, 1.165) is 51.4 Å². The Bertz CT molecular complexity index is 636. The molecular weight excluding hydrogens is 392 g/mol. The van der Waals surface area contributed by atoms with Crippen molar-refractivity contribution in [3.05, 3.63) is 29.8 Å². The topological polar surface area (TPSA) is 69.7 Å². The molecule has 0 fully saturated rings. The molecular formula is C26H40O5. The fourth-order valence-electron chi connectivity index (χ4n) is 3.33. The Kier molecular flexibility index (Phi) is 15.2. The SMILES string of the molecule is CCCCCCCCOC(=O)CCCCCCCCC(=O)Oc1ccc(C(C)=O)cc1. The van der Waals surface area contributed by atoms with Crippen LogP contribution in [-0.2, 0) is 14.3 Å². The summed E-state index contributed by atoms with van der Waals surface area (Å²) in [5.41, 5.74) is 0.603. The van der Waals surface area contributed by atoms with Crippen molar-refractivity contribution < 1.29 is 23.9 Å². The zero-order chi connectivity index (χ0) is 22.7. The fourth-order valence-corrected chi connectivity index (χ4v) is 3.33. The van der Waals surface area contributed by atoms with Crippen molar-refractivity contribution in [2.45, 2.75) is 104 Å². The number of carbonyl (C=O) groups is 3. The molecule has 0 spiro atoms. The van der Waals surface area contributed by atoms with E-state index in [9.17, 15) is 14.4 Å². The van der Waals surface area contributed by atoms with E-state index < -0.39 is 0 Å². The Labute approximate surface area is 187 Å². The minimum absolute atomic E-state index is 0.0112. The van der Waals surface area contributed by atoms with Gasteiger partial charge in [-0.05, 0) is 50.5 Å². The molecule has 0 radical (unpaired) electrons. The van der Waals surface area contributed by atoms with Crippen LogP contribution in [0.5, 0.6) is 5.75 Å². The lowest BCUT2D eigenvalue weighted by atomic mass is 10.1. The highest BCUT2D eigenvalue weighted by Gasteiger charge is 2.06.